The van der Waals surface area contributed by atoms with Crippen LogP contribution in [-0.2, 0) is 40.3 Å². The summed E-state index contributed by atoms with van der Waals surface area (Å²) in [4.78, 5) is 52.8. The Morgan fingerprint density at radius 2 is 1.49 bits per heavy atom. The van der Waals surface area contributed by atoms with Crippen LogP contribution in [0, 0.1) is 5.92 Å². The van der Waals surface area contributed by atoms with Crippen LogP contribution in [0.4, 0.5) is 9.59 Å². The predicted octanol–water partition coefficient (Wildman–Crippen LogP) is 7.59. The minimum Gasteiger partial charge on any atom is -0.444 e. The number of urea groups is 1. The highest BCUT2D eigenvalue weighted by Crippen LogP contribution is 2.29. The average Bonchev–Trinajstić information content (AvgIpc) is 3.55. The number of carbonyl (C=O) groups excluding carboxylic acids is 3. The topological polar surface area (TPSA) is 123 Å². The van der Waals surface area contributed by atoms with Gasteiger partial charge in [-0.2, -0.15) is 0 Å². The first-order chi connectivity index (χ1) is 24.6. The van der Waals surface area contributed by atoms with Crippen molar-refractivity contribution in [2.75, 3.05) is 6.61 Å². The van der Waals surface area contributed by atoms with Crippen molar-refractivity contribution >= 4 is 40.6 Å². The van der Waals surface area contributed by atoms with Crippen LogP contribution in [0.15, 0.2) is 84.1 Å². The Morgan fingerprint density at radius 3 is 2.08 bits per heavy atom. The zero-order chi connectivity index (χ0) is 36.1. The second-order valence-electron chi connectivity index (χ2n) is 14.1. The number of nitrogens with one attached hydrogen (secondary N) is 2. The maximum absolute atomic E-state index is 14.2. The highest BCUT2D eigenvalue weighted by molar-refractivity contribution is 7.09. The fraction of sp³-hybridized carbons (Fsp3) is 0.462. The highest BCUT2D eigenvalue weighted by atomic mass is 32.1. The summed E-state index contributed by atoms with van der Waals surface area (Å²) >= 11 is 2.95. The van der Waals surface area contributed by atoms with Gasteiger partial charge in [0.15, 0.2) is 5.78 Å². The SMILES string of the molecule is CC(C)(C)OC[C@H](NC(=O)N(Cc1cncs1)C1CC1)C(=O)C[C@H](CC[C@H](Cc1ccccc1)NC(=O)OCc1cncs1)Cc1ccccc1. The van der Waals surface area contributed by atoms with Gasteiger partial charge in [0.1, 0.15) is 12.6 Å². The van der Waals surface area contributed by atoms with Gasteiger partial charge in [0.2, 0.25) is 0 Å². The van der Waals surface area contributed by atoms with Crippen molar-refractivity contribution in [2.45, 2.75) is 103 Å². The number of carbonyl (C=O) groups is 3. The number of Topliss-reactive ketones (excluding diaryl/α,β-unsaturated/α-hetero) is 1. The van der Waals surface area contributed by atoms with Crippen LogP contribution in [0.2, 0.25) is 0 Å². The van der Waals surface area contributed by atoms with Crippen LogP contribution in [-0.4, -0.2) is 63.1 Å². The van der Waals surface area contributed by atoms with Crippen molar-refractivity contribution in [1.82, 2.24) is 25.5 Å². The fourth-order valence-corrected chi connectivity index (χ4v) is 6.99. The minimum absolute atomic E-state index is 0.0426. The molecule has 0 aliphatic heterocycles. The zero-order valence-electron chi connectivity index (χ0n) is 29.7. The number of rotatable bonds is 19. The molecule has 1 aliphatic rings. The van der Waals surface area contributed by atoms with E-state index in [1.165, 1.54) is 22.7 Å². The van der Waals surface area contributed by atoms with Crippen LogP contribution in [0.5, 0.6) is 0 Å². The summed E-state index contributed by atoms with van der Waals surface area (Å²) in [6, 6.07) is 19.0. The third kappa shape index (κ3) is 13.5. The summed E-state index contributed by atoms with van der Waals surface area (Å²) in [6.07, 6.45) is 7.74. The number of hydrogen-bond donors (Lipinski definition) is 2. The molecule has 2 aromatic carbocycles. The maximum atomic E-state index is 14.2. The monoisotopic (exact) mass is 731 g/mol. The molecule has 51 heavy (non-hydrogen) atoms. The molecule has 3 atom stereocenters. The van der Waals surface area contributed by atoms with Crippen molar-refractivity contribution in [2.24, 2.45) is 5.92 Å². The Hall–Kier alpha value is -4.13. The Bertz CT molecular complexity index is 1630. The van der Waals surface area contributed by atoms with Crippen molar-refractivity contribution in [3.63, 3.8) is 0 Å². The molecular weight excluding hydrogens is 683 g/mol. The molecule has 0 bridgehead atoms. The smallest absolute Gasteiger partial charge is 0.407 e. The number of thiazole rings is 2. The van der Waals surface area contributed by atoms with Crippen molar-refractivity contribution in [3.8, 4) is 0 Å². The van der Waals surface area contributed by atoms with Gasteiger partial charge in [-0.15, -0.1) is 22.7 Å². The largest absolute Gasteiger partial charge is 0.444 e. The van der Waals surface area contributed by atoms with Crippen LogP contribution >= 0.6 is 22.7 Å². The molecule has 2 aromatic heterocycles. The third-order valence-corrected chi connectivity index (χ3v) is 10.2. The molecule has 0 saturated heterocycles. The van der Waals surface area contributed by atoms with Crippen molar-refractivity contribution in [1.29, 1.82) is 0 Å². The van der Waals surface area contributed by atoms with E-state index in [0.29, 0.717) is 32.2 Å². The minimum atomic E-state index is -0.808. The summed E-state index contributed by atoms with van der Waals surface area (Å²) < 4.78 is 11.6. The van der Waals surface area contributed by atoms with E-state index >= 15 is 0 Å². The fourth-order valence-electron chi connectivity index (χ4n) is 5.89. The van der Waals surface area contributed by atoms with Gasteiger partial charge in [0, 0.05) is 35.8 Å². The van der Waals surface area contributed by atoms with E-state index in [0.717, 1.165) is 33.7 Å². The van der Waals surface area contributed by atoms with Gasteiger partial charge in [-0.25, -0.2) is 9.59 Å². The number of amides is 3. The maximum Gasteiger partial charge on any atom is 0.407 e. The normalized spacial score (nSPS) is 14.6. The van der Waals surface area contributed by atoms with Crippen LogP contribution in [0.25, 0.3) is 0 Å². The molecule has 2 heterocycles. The molecule has 2 N–H and O–H groups in total. The van der Waals surface area contributed by atoms with E-state index in [1.807, 2.05) is 74.2 Å². The van der Waals surface area contributed by atoms with Crippen LogP contribution < -0.4 is 10.6 Å². The molecular formula is C39H49N5O5S2. The number of benzene rings is 2. The average molecular weight is 732 g/mol. The second kappa shape index (κ2) is 18.9. The second-order valence-corrected chi connectivity index (χ2v) is 16.1. The summed E-state index contributed by atoms with van der Waals surface area (Å²) in [5.41, 5.74) is 5.21. The lowest BCUT2D eigenvalue weighted by atomic mass is 9.86. The summed E-state index contributed by atoms with van der Waals surface area (Å²) in [5.74, 6) is -0.113. The summed E-state index contributed by atoms with van der Waals surface area (Å²) in [6.45, 7) is 6.52. The predicted molar refractivity (Wildman–Crippen MR) is 201 cm³/mol. The standard InChI is InChI=1S/C39H49N5O5S2/c1-39(2,3)49-25-35(43-37(46)44(32-16-17-32)23-33-21-40-26-50-33)36(45)20-30(18-28-10-6-4-7-11-28)14-15-31(19-29-12-8-5-9-13-29)42-38(47)48-24-34-22-41-27-51-34/h4-13,21-22,26-27,30-32,35H,14-20,23-25H2,1-3H3,(H,42,47)(H,43,46)/t30-,31-,35+/m1/s1. The van der Waals surface area contributed by atoms with Gasteiger partial charge in [-0.05, 0) is 76.3 Å². The van der Waals surface area contributed by atoms with E-state index in [1.54, 1.807) is 23.4 Å². The number of alkyl carbamates (subject to hydrolysis) is 1. The third-order valence-electron chi connectivity index (χ3n) is 8.68. The van der Waals surface area contributed by atoms with Crippen LogP contribution in [0.3, 0.4) is 0 Å². The molecule has 1 aliphatic carbocycles. The Balaban J connectivity index is 1.29. The number of ketones is 1. The summed E-state index contributed by atoms with van der Waals surface area (Å²) in [5, 5.41) is 6.15. The molecule has 3 amide bonds. The van der Waals surface area contributed by atoms with Crippen molar-refractivity contribution in [3.05, 3.63) is 105 Å². The van der Waals surface area contributed by atoms with Gasteiger partial charge in [-0.3, -0.25) is 14.8 Å². The lowest BCUT2D eigenvalue weighted by Crippen LogP contribution is -2.51. The highest BCUT2D eigenvalue weighted by Gasteiger charge is 2.35. The molecule has 4 aromatic rings. The van der Waals surface area contributed by atoms with E-state index < -0.39 is 17.7 Å². The van der Waals surface area contributed by atoms with E-state index in [-0.39, 0.29) is 49.5 Å². The van der Waals surface area contributed by atoms with E-state index in [9.17, 15) is 14.4 Å². The molecule has 0 unspecified atom stereocenters. The lowest BCUT2D eigenvalue weighted by Gasteiger charge is -2.29. The first-order valence-electron chi connectivity index (χ1n) is 17.6. The molecule has 0 spiro atoms. The Kier molecular flexibility index (Phi) is 14.1. The van der Waals surface area contributed by atoms with Gasteiger partial charge in [0.25, 0.3) is 0 Å². The van der Waals surface area contributed by atoms with Gasteiger partial charge in [-0.1, -0.05) is 60.7 Å². The zero-order valence-corrected chi connectivity index (χ0v) is 31.3. The van der Waals surface area contributed by atoms with E-state index in [4.69, 9.17) is 9.47 Å². The summed E-state index contributed by atoms with van der Waals surface area (Å²) in [7, 11) is 0. The van der Waals surface area contributed by atoms with Gasteiger partial charge in [0.05, 0.1) is 34.7 Å². The molecule has 1 fully saturated rings. The van der Waals surface area contributed by atoms with Crippen molar-refractivity contribution < 1.29 is 23.9 Å². The number of hydrogen-bond acceptors (Lipinski definition) is 9. The first-order valence-corrected chi connectivity index (χ1v) is 19.4. The Labute approximate surface area is 309 Å². The molecule has 5 rings (SSSR count). The Morgan fingerprint density at radius 1 is 0.863 bits per heavy atom. The molecule has 10 nitrogen and oxygen atoms in total. The number of nitrogens with zero attached hydrogens (tertiary/aromatic N) is 3. The molecule has 1 saturated carbocycles. The molecule has 272 valence electrons. The number of aromatic nitrogens is 2. The van der Waals surface area contributed by atoms with Gasteiger partial charge >= 0.3 is 12.1 Å². The number of ether oxygens (including phenoxy) is 2. The van der Waals surface area contributed by atoms with E-state index in [2.05, 4.69) is 32.7 Å². The quantitative estimate of drug-likeness (QED) is 0.102. The molecule has 12 heteroatoms. The lowest BCUT2D eigenvalue weighted by molar-refractivity contribution is -0.125. The first kappa shape index (κ1) is 38.1. The van der Waals surface area contributed by atoms with Crippen LogP contribution in [0.1, 0.15) is 73.8 Å². The van der Waals surface area contributed by atoms with Gasteiger partial charge < -0.3 is 25.0 Å². The molecule has 0 radical (unpaired) electrons.